The van der Waals surface area contributed by atoms with Crippen LogP contribution in [-0.4, -0.2) is 55.6 Å². The summed E-state index contributed by atoms with van der Waals surface area (Å²) in [7, 11) is 0. The number of nitrogens with zero attached hydrogens (tertiary/aromatic N) is 4. The number of rotatable bonds is 7. The lowest BCUT2D eigenvalue weighted by atomic mass is 10.0. The number of ether oxygens (including phenoxy) is 2. The van der Waals surface area contributed by atoms with Crippen molar-refractivity contribution < 1.29 is 45.0 Å². The van der Waals surface area contributed by atoms with Crippen LogP contribution in [0, 0.1) is 0 Å². The van der Waals surface area contributed by atoms with Crippen LogP contribution in [0.4, 0.5) is 47.2 Å². The van der Waals surface area contributed by atoms with E-state index in [1.165, 1.54) is 6.07 Å². The van der Waals surface area contributed by atoms with Crippen molar-refractivity contribution in [3.63, 3.8) is 0 Å². The summed E-state index contributed by atoms with van der Waals surface area (Å²) in [6.07, 6.45) is -12.1. The minimum Gasteiger partial charge on any atom is -0.443 e. The van der Waals surface area contributed by atoms with Gasteiger partial charge in [-0.15, -0.1) is 13.2 Å². The molecular formula is C21H22F7N7O3. The lowest BCUT2D eigenvalue weighted by molar-refractivity contribution is -0.330. The van der Waals surface area contributed by atoms with Crippen molar-refractivity contribution >= 4 is 23.2 Å². The molecule has 4 rings (SSSR count). The number of carbonyl (C=O) groups excluding carboxylic acids is 1. The topological polar surface area (TPSA) is 118 Å². The van der Waals surface area contributed by atoms with Crippen LogP contribution in [-0.2, 0) is 22.3 Å². The number of amides is 1. The van der Waals surface area contributed by atoms with Gasteiger partial charge in [-0.1, -0.05) is 0 Å². The van der Waals surface area contributed by atoms with Crippen LogP contribution in [0.5, 0.6) is 0 Å². The van der Waals surface area contributed by atoms with E-state index in [1.54, 1.807) is 13.8 Å². The van der Waals surface area contributed by atoms with Crippen molar-refractivity contribution in [3.05, 3.63) is 35.4 Å². The lowest BCUT2D eigenvalue weighted by Gasteiger charge is -2.18. The van der Waals surface area contributed by atoms with Gasteiger partial charge in [0.25, 0.3) is 0 Å². The lowest BCUT2D eigenvalue weighted by Crippen LogP contribution is -2.36. The summed E-state index contributed by atoms with van der Waals surface area (Å²) >= 11 is 0. The fraction of sp³-hybridized carbons (Fsp3) is 0.524. The van der Waals surface area contributed by atoms with E-state index in [0.717, 1.165) is 10.6 Å². The molecule has 1 aliphatic rings. The molecule has 1 fully saturated rings. The molecule has 3 aromatic rings. The average Bonchev–Trinajstić information content (AvgIpc) is 3.50. The van der Waals surface area contributed by atoms with E-state index in [2.05, 4.69) is 35.7 Å². The van der Waals surface area contributed by atoms with Crippen molar-refractivity contribution in [1.82, 2.24) is 30.1 Å². The summed E-state index contributed by atoms with van der Waals surface area (Å²) in [6, 6.07) is 2.24. The first-order valence-electron chi connectivity index (χ1n) is 11.3. The molecule has 0 bridgehead atoms. The summed E-state index contributed by atoms with van der Waals surface area (Å²) in [5.41, 5.74) is -1.45. The number of carbonyl (C=O) groups is 1. The molecule has 208 valence electrons. The largest absolute Gasteiger partial charge is 0.522 e. The minimum absolute atomic E-state index is 0.0304. The van der Waals surface area contributed by atoms with Crippen LogP contribution in [0.15, 0.2) is 18.3 Å². The maximum Gasteiger partial charge on any atom is 0.522 e. The zero-order valence-electron chi connectivity index (χ0n) is 19.8. The first kappa shape index (κ1) is 27.4. The van der Waals surface area contributed by atoms with Crippen molar-refractivity contribution in [2.75, 3.05) is 5.32 Å². The smallest absolute Gasteiger partial charge is 0.443 e. The van der Waals surface area contributed by atoms with E-state index >= 15 is 4.39 Å². The Balaban J connectivity index is 1.54. The van der Waals surface area contributed by atoms with Gasteiger partial charge in [-0.2, -0.15) is 23.4 Å². The first-order chi connectivity index (χ1) is 17.7. The van der Waals surface area contributed by atoms with Gasteiger partial charge in [-0.3, -0.25) is 9.84 Å². The van der Waals surface area contributed by atoms with Gasteiger partial charge in [0.05, 0.1) is 11.9 Å². The van der Waals surface area contributed by atoms with E-state index in [4.69, 9.17) is 4.74 Å². The number of halogens is 7. The molecule has 1 amide bonds. The predicted molar refractivity (Wildman–Crippen MR) is 116 cm³/mol. The number of anilines is 2. The Morgan fingerprint density at radius 2 is 1.95 bits per heavy atom. The molecule has 1 aliphatic carbocycles. The second-order valence-electron chi connectivity index (χ2n) is 8.88. The molecule has 1 saturated carbocycles. The number of aromatic nitrogens is 5. The summed E-state index contributed by atoms with van der Waals surface area (Å²) < 4.78 is 102. The van der Waals surface area contributed by atoms with Gasteiger partial charge in [0.2, 0.25) is 0 Å². The fourth-order valence-corrected chi connectivity index (χ4v) is 3.99. The molecular weight excluding hydrogens is 531 g/mol. The van der Waals surface area contributed by atoms with E-state index in [-0.39, 0.29) is 29.5 Å². The maximum atomic E-state index is 15.0. The highest BCUT2D eigenvalue weighted by Gasteiger charge is 2.41. The Bertz CT molecular complexity index is 1290. The summed E-state index contributed by atoms with van der Waals surface area (Å²) in [6.45, 7) is 2.41. The Hall–Kier alpha value is -3.63. The second kappa shape index (κ2) is 10.3. The number of nitrogens with one attached hydrogen (secondary N) is 3. The van der Waals surface area contributed by atoms with Gasteiger partial charge < -0.3 is 15.4 Å². The molecule has 3 N–H and O–H groups in total. The second-order valence-corrected chi connectivity index (χ2v) is 8.88. The average molecular weight is 553 g/mol. The Kier molecular flexibility index (Phi) is 7.40. The molecule has 0 saturated heterocycles. The van der Waals surface area contributed by atoms with Gasteiger partial charge in [0.1, 0.15) is 24.4 Å². The zero-order chi connectivity index (χ0) is 27.8. The fourth-order valence-electron chi connectivity index (χ4n) is 3.99. The Morgan fingerprint density at radius 1 is 1.21 bits per heavy atom. The third-order valence-corrected chi connectivity index (χ3v) is 5.59. The summed E-state index contributed by atoms with van der Waals surface area (Å²) in [5.74, 6) is -1.17. The molecule has 17 heteroatoms. The number of H-pyrrole nitrogens is 1. The van der Waals surface area contributed by atoms with E-state index in [1.807, 2.05) is 0 Å². The number of hydrogen-bond acceptors (Lipinski definition) is 7. The SMILES string of the molecule is CC(C)NC(=O)O[C@H]1CC[C@@H](c2cc(Nc3nc(C(F)(F)F)cn4nc(COC(F)(F)F)cc34)n[nH]2)[C@@H]1F. The standard InChI is InChI=1S/C21H22F7N7O3/c1-9(2)29-19(36)38-14-4-3-11(17(14)22)12-6-16(33-32-12)31-18-13-5-10(8-37-21(26,27)28)34-35(13)7-15(30-18)20(23,24)25/h5-7,9,11,14,17H,3-4,8H2,1-2H3,(H,29,36)(H2,30,31,32,33)/t11-,14-,17-/m0/s1. The molecule has 3 atom stereocenters. The quantitative estimate of drug-likeness (QED) is 0.354. The minimum atomic E-state index is -4.96. The van der Waals surface area contributed by atoms with Crippen LogP contribution in [0.2, 0.25) is 0 Å². The molecule has 3 aromatic heterocycles. The van der Waals surface area contributed by atoms with E-state index < -0.39 is 54.9 Å². The molecule has 0 radical (unpaired) electrons. The zero-order valence-corrected chi connectivity index (χ0v) is 19.8. The Labute approximate surface area is 209 Å². The number of alkyl halides is 7. The maximum absolute atomic E-state index is 15.0. The van der Waals surface area contributed by atoms with Crippen molar-refractivity contribution in [3.8, 4) is 0 Å². The van der Waals surface area contributed by atoms with Gasteiger partial charge >= 0.3 is 18.6 Å². The molecule has 0 unspecified atom stereocenters. The monoisotopic (exact) mass is 553 g/mol. The van der Waals surface area contributed by atoms with Gasteiger partial charge in [-0.25, -0.2) is 18.7 Å². The van der Waals surface area contributed by atoms with Crippen LogP contribution in [0.1, 0.15) is 49.7 Å². The van der Waals surface area contributed by atoms with Crippen LogP contribution in [0.3, 0.4) is 0 Å². The highest BCUT2D eigenvalue weighted by Crippen LogP contribution is 2.39. The molecule has 3 heterocycles. The number of hydrogen-bond donors (Lipinski definition) is 3. The van der Waals surface area contributed by atoms with Crippen molar-refractivity contribution in [2.24, 2.45) is 0 Å². The number of aromatic amines is 1. The van der Waals surface area contributed by atoms with E-state index in [9.17, 15) is 31.1 Å². The molecule has 0 aliphatic heterocycles. The van der Waals surface area contributed by atoms with Crippen molar-refractivity contribution in [2.45, 2.75) is 70.1 Å². The molecule has 0 spiro atoms. The third kappa shape index (κ3) is 6.43. The Morgan fingerprint density at radius 3 is 2.61 bits per heavy atom. The number of fused-ring (bicyclic) bond motifs is 1. The normalized spacial score (nSPS) is 20.3. The predicted octanol–water partition coefficient (Wildman–Crippen LogP) is 4.97. The van der Waals surface area contributed by atoms with Crippen molar-refractivity contribution in [1.29, 1.82) is 0 Å². The van der Waals surface area contributed by atoms with Gasteiger partial charge in [0.15, 0.2) is 17.3 Å². The van der Waals surface area contributed by atoms with Crippen LogP contribution < -0.4 is 10.6 Å². The first-order valence-corrected chi connectivity index (χ1v) is 11.3. The molecule has 0 aromatic carbocycles. The van der Waals surface area contributed by atoms with E-state index in [0.29, 0.717) is 18.3 Å². The van der Waals surface area contributed by atoms with Crippen LogP contribution in [0.25, 0.3) is 5.52 Å². The summed E-state index contributed by atoms with van der Waals surface area (Å²) in [4.78, 5) is 15.3. The molecule has 38 heavy (non-hydrogen) atoms. The highest BCUT2D eigenvalue weighted by atomic mass is 19.4. The summed E-state index contributed by atoms with van der Waals surface area (Å²) in [5, 5.41) is 15.3. The van der Waals surface area contributed by atoms with Gasteiger partial charge in [0, 0.05) is 23.7 Å². The van der Waals surface area contributed by atoms with Gasteiger partial charge in [-0.05, 0) is 32.8 Å². The van der Waals surface area contributed by atoms with Crippen LogP contribution >= 0.6 is 0 Å². The number of alkyl carbamates (subject to hydrolysis) is 1. The molecule has 10 nitrogen and oxygen atoms in total. The third-order valence-electron chi connectivity index (χ3n) is 5.59. The highest BCUT2D eigenvalue weighted by molar-refractivity contribution is 5.72.